The number of benzene rings is 1. The van der Waals surface area contributed by atoms with E-state index in [2.05, 4.69) is 5.32 Å². The lowest BCUT2D eigenvalue weighted by atomic mass is 10.0. The molecule has 1 aliphatic heterocycles. The average molecular weight is 294 g/mol. The Morgan fingerprint density at radius 3 is 3.10 bits per heavy atom. The highest BCUT2D eigenvalue weighted by molar-refractivity contribution is 5.75. The molecule has 21 heavy (non-hydrogen) atoms. The maximum Gasteiger partial charge on any atom is 0.222 e. The number of carbonyl (C=O) groups excluding carboxylic acids is 1. The zero-order chi connectivity index (χ0) is 15.1. The lowest BCUT2D eigenvalue weighted by Crippen LogP contribution is -2.31. The predicted molar refractivity (Wildman–Crippen MR) is 79.7 cm³/mol. The van der Waals surface area contributed by atoms with Crippen LogP contribution in [0.5, 0.6) is 5.75 Å². The van der Waals surface area contributed by atoms with Crippen LogP contribution in [-0.2, 0) is 4.79 Å². The zero-order valence-corrected chi connectivity index (χ0v) is 12.5. The molecule has 0 radical (unpaired) electrons. The minimum atomic E-state index is -0.317. The molecule has 1 heterocycles. The van der Waals surface area contributed by atoms with Crippen LogP contribution in [-0.4, -0.2) is 44.1 Å². The van der Waals surface area contributed by atoms with E-state index in [4.69, 9.17) is 4.74 Å². The first-order valence-electron chi connectivity index (χ1n) is 7.48. The number of halogens is 1. The Bertz CT molecular complexity index is 461. The van der Waals surface area contributed by atoms with Crippen LogP contribution in [0.4, 0.5) is 4.39 Å². The fraction of sp³-hybridized carbons (Fsp3) is 0.562. The zero-order valence-electron chi connectivity index (χ0n) is 12.5. The van der Waals surface area contributed by atoms with Crippen LogP contribution >= 0.6 is 0 Å². The van der Waals surface area contributed by atoms with E-state index in [1.165, 1.54) is 18.6 Å². The van der Waals surface area contributed by atoms with Gasteiger partial charge in [0.1, 0.15) is 18.2 Å². The van der Waals surface area contributed by atoms with E-state index in [1.54, 1.807) is 24.1 Å². The quantitative estimate of drug-likeness (QED) is 0.837. The summed E-state index contributed by atoms with van der Waals surface area (Å²) in [5.74, 6) is 0.950. The number of hydrogen-bond acceptors (Lipinski definition) is 3. The molecule has 1 unspecified atom stereocenters. The van der Waals surface area contributed by atoms with Crippen LogP contribution in [0.2, 0.25) is 0 Å². The summed E-state index contributed by atoms with van der Waals surface area (Å²) in [7, 11) is 1.78. The van der Waals surface area contributed by atoms with Crippen LogP contribution in [0, 0.1) is 11.7 Å². The fourth-order valence-electron chi connectivity index (χ4n) is 2.46. The first kappa shape index (κ1) is 15.8. The summed E-state index contributed by atoms with van der Waals surface area (Å²) in [4.78, 5) is 13.7. The molecule has 0 aromatic heterocycles. The molecule has 116 valence electrons. The lowest BCUT2D eigenvalue weighted by Gasteiger charge is -2.18. The largest absolute Gasteiger partial charge is 0.492 e. The van der Waals surface area contributed by atoms with Gasteiger partial charge in [0, 0.05) is 19.5 Å². The first-order valence-corrected chi connectivity index (χ1v) is 7.48. The number of ether oxygens (including phenoxy) is 1. The van der Waals surface area contributed by atoms with Crippen molar-refractivity contribution in [2.45, 2.75) is 19.3 Å². The minimum absolute atomic E-state index is 0.143. The van der Waals surface area contributed by atoms with Crippen LogP contribution in [0.3, 0.4) is 0 Å². The highest BCUT2D eigenvalue weighted by Crippen LogP contribution is 2.15. The van der Waals surface area contributed by atoms with Crippen LogP contribution in [0.1, 0.15) is 19.3 Å². The van der Waals surface area contributed by atoms with Gasteiger partial charge in [-0.1, -0.05) is 6.07 Å². The molecule has 0 aliphatic carbocycles. The minimum Gasteiger partial charge on any atom is -0.492 e. The molecule has 5 heteroatoms. The van der Waals surface area contributed by atoms with Crippen molar-refractivity contribution in [3.63, 3.8) is 0 Å². The molecule has 1 aromatic rings. The molecular weight excluding hydrogens is 271 g/mol. The van der Waals surface area contributed by atoms with Gasteiger partial charge in [-0.15, -0.1) is 0 Å². The number of likely N-dealkylation sites (N-methyl/N-ethyl adjacent to an activating group) is 1. The molecule has 0 bridgehead atoms. The van der Waals surface area contributed by atoms with Crippen molar-refractivity contribution >= 4 is 5.91 Å². The lowest BCUT2D eigenvalue weighted by molar-refractivity contribution is -0.130. The van der Waals surface area contributed by atoms with E-state index in [9.17, 15) is 9.18 Å². The number of carbonyl (C=O) groups is 1. The van der Waals surface area contributed by atoms with E-state index in [1.807, 2.05) is 0 Å². The predicted octanol–water partition coefficient (Wildman–Crippen LogP) is 2.05. The monoisotopic (exact) mass is 294 g/mol. The Morgan fingerprint density at radius 2 is 2.38 bits per heavy atom. The first-order chi connectivity index (χ1) is 10.1. The molecular formula is C16H23FN2O2. The Morgan fingerprint density at radius 1 is 1.52 bits per heavy atom. The van der Waals surface area contributed by atoms with Crippen molar-refractivity contribution in [2.75, 3.05) is 33.3 Å². The standard InChI is InChI=1S/C16H23FN2O2/c1-19(16(20)6-5-13-7-8-18-12-13)9-10-21-15-4-2-3-14(17)11-15/h2-4,11,13,18H,5-10,12H2,1H3. The second-order valence-electron chi connectivity index (χ2n) is 5.52. The smallest absolute Gasteiger partial charge is 0.222 e. The summed E-state index contributed by atoms with van der Waals surface area (Å²) < 4.78 is 18.4. The maximum atomic E-state index is 13.0. The summed E-state index contributed by atoms with van der Waals surface area (Å²) in [6.45, 7) is 2.98. The van der Waals surface area contributed by atoms with Crippen LogP contribution in [0.15, 0.2) is 24.3 Å². The second kappa shape index (κ2) is 7.98. The molecule has 4 nitrogen and oxygen atoms in total. The Labute approximate surface area is 125 Å². The third-order valence-corrected chi connectivity index (χ3v) is 3.85. The average Bonchev–Trinajstić information content (AvgIpc) is 2.98. The van der Waals surface area contributed by atoms with E-state index in [0.29, 0.717) is 31.2 Å². The Balaban J connectivity index is 1.63. The summed E-state index contributed by atoms with van der Waals surface area (Å²) in [5, 5.41) is 3.31. The van der Waals surface area contributed by atoms with Crippen molar-refractivity contribution < 1.29 is 13.9 Å². The highest BCUT2D eigenvalue weighted by atomic mass is 19.1. The number of nitrogens with one attached hydrogen (secondary N) is 1. The molecule has 2 rings (SSSR count). The van der Waals surface area contributed by atoms with E-state index >= 15 is 0 Å². The van der Waals surface area contributed by atoms with E-state index in [0.717, 1.165) is 19.5 Å². The third-order valence-electron chi connectivity index (χ3n) is 3.85. The van der Waals surface area contributed by atoms with Crippen molar-refractivity contribution in [2.24, 2.45) is 5.92 Å². The van der Waals surface area contributed by atoms with Gasteiger partial charge >= 0.3 is 0 Å². The van der Waals surface area contributed by atoms with Gasteiger partial charge in [0.15, 0.2) is 0 Å². The Kier molecular flexibility index (Phi) is 5.99. The van der Waals surface area contributed by atoms with Gasteiger partial charge in [0.2, 0.25) is 5.91 Å². The molecule has 1 aliphatic rings. The van der Waals surface area contributed by atoms with Crippen molar-refractivity contribution in [3.05, 3.63) is 30.1 Å². The molecule has 1 amide bonds. The van der Waals surface area contributed by atoms with Crippen molar-refractivity contribution in [1.29, 1.82) is 0 Å². The van der Waals surface area contributed by atoms with Gasteiger partial charge in [-0.2, -0.15) is 0 Å². The highest BCUT2D eigenvalue weighted by Gasteiger charge is 2.17. The number of rotatable bonds is 7. The van der Waals surface area contributed by atoms with E-state index in [-0.39, 0.29) is 11.7 Å². The fourth-order valence-corrected chi connectivity index (χ4v) is 2.46. The second-order valence-corrected chi connectivity index (χ2v) is 5.52. The van der Waals surface area contributed by atoms with E-state index < -0.39 is 0 Å². The SMILES string of the molecule is CN(CCOc1cccc(F)c1)C(=O)CCC1CCNC1. The third kappa shape index (κ3) is 5.34. The van der Waals surface area contributed by atoms with Crippen LogP contribution in [0.25, 0.3) is 0 Å². The molecule has 0 spiro atoms. The Hall–Kier alpha value is -1.62. The summed E-state index contributed by atoms with van der Waals surface area (Å²) >= 11 is 0. The molecule has 1 atom stereocenters. The van der Waals surface area contributed by atoms with Gasteiger partial charge < -0.3 is 15.0 Å². The summed E-state index contributed by atoms with van der Waals surface area (Å²) in [6.07, 6.45) is 2.70. The van der Waals surface area contributed by atoms with Crippen molar-refractivity contribution in [1.82, 2.24) is 10.2 Å². The van der Waals surface area contributed by atoms with Crippen LogP contribution < -0.4 is 10.1 Å². The molecule has 1 fully saturated rings. The summed E-state index contributed by atoms with van der Waals surface area (Å²) in [6, 6.07) is 6.03. The number of hydrogen-bond donors (Lipinski definition) is 1. The van der Waals surface area contributed by atoms with Gasteiger partial charge in [-0.05, 0) is 44.0 Å². The maximum absolute atomic E-state index is 13.0. The molecule has 1 saturated heterocycles. The summed E-state index contributed by atoms with van der Waals surface area (Å²) in [5.41, 5.74) is 0. The normalized spacial score (nSPS) is 17.7. The van der Waals surface area contributed by atoms with Gasteiger partial charge in [-0.3, -0.25) is 4.79 Å². The molecule has 1 aromatic carbocycles. The number of nitrogens with zero attached hydrogens (tertiary/aromatic N) is 1. The van der Waals surface area contributed by atoms with Gasteiger partial charge in [0.25, 0.3) is 0 Å². The van der Waals surface area contributed by atoms with Gasteiger partial charge in [0.05, 0.1) is 6.54 Å². The molecule has 0 saturated carbocycles. The molecule has 1 N–H and O–H groups in total. The van der Waals surface area contributed by atoms with Gasteiger partial charge in [-0.25, -0.2) is 4.39 Å². The number of amides is 1. The van der Waals surface area contributed by atoms with Crippen molar-refractivity contribution in [3.8, 4) is 5.75 Å². The topological polar surface area (TPSA) is 41.6 Å².